The van der Waals surface area contributed by atoms with E-state index < -0.39 is 11.7 Å². The molecular weight excluding hydrogens is 410 g/mol. The number of rotatable bonds is 8. The van der Waals surface area contributed by atoms with Gasteiger partial charge in [-0.25, -0.2) is 4.79 Å². The first-order chi connectivity index (χ1) is 15.1. The molecule has 2 aromatic rings. The Morgan fingerprint density at radius 2 is 1.94 bits per heavy atom. The minimum Gasteiger partial charge on any atom is -0.493 e. The third-order valence-electron chi connectivity index (χ3n) is 4.99. The van der Waals surface area contributed by atoms with Crippen LogP contribution in [0, 0.1) is 5.92 Å². The van der Waals surface area contributed by atoms with E-state index in [1.165, 1.54) is 0 Å². The van der Waals surface area contributed by atoms with Gasteiger partial charge in [0.15, 0.2) is 5.58 Å². The summed E-state index contributed by atoms with van der Waals surface area (Å²) in [7, 11) is 0. The minimum atomic E-state index is -0.509. The van der Waals surface area contributed by atoms with E-state index in [9.17, 15) is 4.79 Å². The summed E-state index contributed by atoms with van der Waals surface area (Å²) in [5, 5.41) is 2.81. The predicted octanol–water partition coefficient (Wildman–Crippen LogP) is 4.76. The zero-order chi connectivity index (χ0) is 23.3. The number of carbonyl (C=O) groups is 1. The Hall–Kier alpha value is -2.48. The molecule has 1 saturated heterocycles. The van der Waals surface area contributed by atoms with Crippen LogP contribution >= 0.6 is 0 Å². The largest absolute Gasteiger partial charge is 0.493 e. The maximum absolute atomic E-state index is 11.9. The molecule has 1 N–H and O–H groups in total. The summed E-state index contributed by atoms with van der Waals surface area (Å²) in [6, 6.07) is 6.30. The molecule has 1 aromatic heterocycles. The van der Waals surface area contributed by atoms with Gasteiger partial charge in [-0.05, 0) is 58.6 Å². The Balaban J connectivity index is 1.45. The molecule has 32 heavy (non-hydrogen) atoms. The SMILES string of the molecule is CC(C)COc1ccc2nc(N3CCC(OC[C@H](C)NC(=O)OC(C)(C)C)CC3)oc2c1. The molecule has 0 bridgehead atoms. The third-order valence-corrected chi connectivity index (χ3v) is 4.99. The van der Waals surface area contributed by atoms with E-state index >= 15 is 0 Å². The van der Waals surface area contributed by atoms with Crippen LogP contribution in [-0.2, 0) is 9.47 Å². The molecule has 1 aromatic carbocycles. The van der Waals surface area contributed by atoms with Gasteiger partial charge in [-0.15, -0.1) is 0 Å². The van der Waals surface area contributed by atoms with Crippen molar-refractivity contribution in [3.8, 4) is 5.75 Å². The fraction of sp³-hybridized carbons (Fsp3) is 0.667. The smallest absolute Gasteiger partial charge is 0.407 e. The first-order valence-electron chi connectivity index (χ1n) is 11.5. The van der Waals surface area contributed by atoms with Gasteiger partial charge in [-0.3, -0.25) is 0 Å². The number of amides is 1. The Morgan fingerprint density at radius 1 is 1.22 bits per heavy atom. The normalized spacial score (nSPS) is 16.4. The molecule has 0 aliphatic carbocycles. The van der Waals surface area contributed by atoms with Crippen molar-refractivity contribution in [2.45, 2.75) is 72.1 Å². The molecule has 1 amide bonds. The lowest BCUT2D eigenvalue weighted by Gasteiger charge is -2.31. The lowest BCUT2D eigenvalue weighted by molar-refractivity contribution is 0.0179. The van der Waals surface area contributed by atoms with E-state index in [0.29, 0.717) is 25.1 Å². The van der Waals surface area contributed by atoms with Crippen LogP contribution in [-0.4, -0.2) is 55.1 Å². The van der Waals surface area contributed by atoms with Crippen LogP contribution in [0.5, 0.6) is 5.75 Å². The van der Waals surface area contributed by atoms with Crippen LogP contribution in [0.1, 0.15) is 54.4 Å². The maximum Gasteiger partial charge on any atom is 0.407 e. The molecule has 8 heteroatoms. The summed E-state index contributed by atoms with van der Waals surface area (Å²) in [6.45, 7) is 14.4. The number of alkyl carbamates (subject to hydrolysis) is 1. The second-order valence-electron chi connectivity index (χ2n) is 9.90. The van der Waals surface area contributed by atoms with E-state index in [4.69, 9.17) is 18.6 Å². The average Bonchev–Trinajstić information content (AvgIpc) is 3.13. The summed E-state index contributed by atoms with van der Waals surface area (Å²) in [5.41, 5.74) is 1.06. The van der Waals surface area contributed by atoms with Gasteiger partial charge in [0.1, 0.15) is 16.9 Å². The lowest BCUT2D eigenvalue weighted by Crippen LogP contribution is -2.42. The average molecular weight is 448 g/mol. The number of nitrogens with zero attached hydrogens (tertiary/aromatic N) is 2. The number of hydrogen-bond donors (Lipinski definition) is 1. The highest BCUT2D eigenvalue weighted by atomic mass is 16.6. The van der Waals surface area contributed by atoms with Gasteiger partial charge >= 0.3 is 6.09 Å². The molecule has 1 aliphatic rings. The van der Waals surface area contributed by atoms with Crippen molar-refractivity contribution in [2.75, 3.05) is 31.2 Å². The molecule has 1 fully saturated rings. The van der Waals surface area contributed by atoms with E-state index in [1.54, 1.807) is 0 Å². The summed E-state index contributed by atoms with van der Waals surface area (Å²) >= 11 is 0. The third kappa shape index (κ3) is 7.29. The minimum absolute atomic E-state index is 0.118. The highest BCUT2D eigenvalue weighted by Crippen LogP contribution is 2.28. The molecule has 178 valence electrons. The van der Waals surface area contributed by atoms with E-state index in [0.717, 1.165) is 42.8 Å². The molecule has 8 nitrogen and oxygen atoms in total. The molecule has 1 aliphatic heterocycles. The van der Waals surface area contributed by atoms with Gasteiger partial charge in [-0.2, -0.15) is 4.98 Å². The van der Waals surface area contributed by atoms with Crippen LogP contribution in [0.2, 0.25) is 0 Å². The number of piperidine rings is 1. The number of hydrogen-bond acceptors (Lipinski definition) is 7. The van der Waals surface area contributed by atoms with Crippen LogP contribution in [0.15, 0.2) is 22.6 Å². The van der Waals surface area contributed by atoms with Crippen molar-refractivity contribution in [1.29, 1.82) is 0 Å². The van der Waals surface area contributed by atoms with Crippen molar-refractivity contribution < 1.29 is 23.4 Å². The van der Waals surface area contributed by atoms with Crippen LogP contribution < -0.4 is 15.0 Å². The van der Waals surface area contributed by atoms with E-state index in [2.05, 4.69) is 29.0 Å². The zero-order valence-corrected chi connectivity index (χ0v) is 20.1. The Labute approximate surface area is 190 Å². The fourth-order valence-electron chi connectivity index (χ4n) is 3.43. The van der Waals surface area contributed by atoms with Crippen molar-refractivity contribution in [2.24, 2.45) is 5.92 Å². The summed E-state index contributed by atoms with van der Waals surface area (Å²) < 4.78 is 23.1. The first kappa shape index (κ1) is 24.2. The van der Waals surface area contributed by atoms with Gasteiger partial charge in [-0.1, -0.05) is 13.8 Å². The first-order valence-corrected chi connectivity index (χ1v) is 11.5. The van der Waals surface area contributed by atoms with Crippen molar-refractivity contribution in [1.82, 2.24) is 10.3 Å². The van der Waals surface area contributed by atoms with Gasteiger partial charge in [0.2, 0.25) is 0 Å². The van der Waals surface area contributed by atoms with E-state index in [1.807, 2.05) is 45.9 Å². The molecule has 0 saturated carbocycles. The van der Waals surface area contributed by atoms with Crippen molar-refractivity contribution in [3.05, 3.63) is 18.2 Å². The molecule has 1 atom stereocenters. The number of anilines is 1. The number of ether oxygens (including phenoxy) is 3. The van der Waals surface area contributed by atoms with Crippen molar-refractivity contribution >= 4 is 23.2 Å². The summed E-state index contributed by atoms with van der Waals surface area (Å²) in [4.78, 5) is 18.6. The van der Waals surface area contributed by atoms with Gasteiger partial charge < -0.3 is 28.8 Å². The summed E-state index contributed by atoms with van der Waals surface area (Å²) in [6.07, 6.45) is 1.48. The van der Waals surface area contributed by atoms with Crippen LogP contribution in [0.3, 0.4) is 0 Å². The second-order valence-corrected chi connectivity index (χ2v) is 9.90. The van der Waals surface area contributed by atoms with Crippen LogP contribution in [0.4, 0.5) is 10.8 Å². The second kappa shape index (κ2) is 10.4. The molecule has 0 radical (unpaired) electrons. The number of aromatic nitrogens is 1. The van der Waals surface area contributed by atoms with Gasteiger partial charge in [0.25, 0.3) is 6.01 Å². The highest BCUT2D eigenvalue weighted by molar-refractivity contribution is 5.76. The monoisotopic (exact) mass is 447 g/mol. The number of fused-ring (bicyclic) bond motifs is 1. The summed E-state index contributed by atoms with van der Waals surface area (Å²) in [5.74, 6) is 1.27. The number of oxazole rings is 1. The topological polar surface area (TPSA) is 86.1 Å². The molecule has 0 spiro atoms. The predicted molar refractivity (Wildman–Crippen MR) is 124 cm³/mol. The zero-order valence-electron chi connectivity index (χ0n) is 20.1. The molecule has 0 unspecified atom stereocenters. The van der Waals surface area contributed by atoms with E-state index in [-0.39, 0.29) is 12.1 Å². The maximum atomic E-state index is 11.9. The standard InChI is InChI=1S/C24H37N3O5/c1-16(2)14-29-19-7-8-20-21(13-19)31-22(26-20)27-11-9-18(10-12-27)30-15-17(3)25-23(28)32-24(4,5)6/h7-8,13,16-18H,9-12,14-15H2,1-6H3,(H,25,28)/t17-/m0/s1. The number of carbonyl (C=O) groups excluding carboxylic acids is 1. The number of nitrogens with one attached hydrogen (secondary N) is 1. The quantitative estimate of drug-likeness (QED) is 0.624. The highest BCUT2D eigenvalue weighted by Gasteiger charge is 2.24. The van der Waals surface area contributed by atoms with Gasteiger partial charge in [0, 0.05) is 19.2 Å². The number of benzene rings is 1. The van der Waals surface area contributed by atoms with Crippen LogP contribution in [0.25, 0.3) is 11.1 Å². The van der Waals surface area contributed by atoms with Gasteiger partial charge in [0.05, 0.1) is 25.4 Å². The Bertz CT molecular complexity index is 881. The van der Waals surface area contributed by atoms with Crippen molar-refractivity contribution in [3.63, 3.8) is 0 Å². The fourth-order valence-corrected chi connectivity index (χ4v) is 3.43. The molecule has 2 heterocycles. The Kier molecular flexibility index (Phi) is 7.87. The molecular formula is C24H37N3O5. The lowest BCUT2D eigenvalue weighted by atomic mass is 10.1. The Morgan fingerprint density at radius 3 is 2.59 bits per heavy atom. The molecule has 3 rings (SSSR count).